The summed E-state index contributed by atoms with van der Waals surface area (Å²) in [6.07, 6.45) is 0. The predicted octanol–water partition coefficient (Wildman–Crippen LogP) is 3.27. The Morgan fingerprint density at radius 1 is 1.22 bits per heavy atom. The van der Waals surface area contributed by atoms with Gasteiger partial charge in [0, 0.05) is 6.07 Å². The van der Waals surface area contributed by atoms with Crippen molar-refractivity contribution in [3.63, 3.8) is 0 Å². The zero-order valence-corrected chi connectivity index (χ0v) is 9.71. The molecule has 1 heterocycles. The SMILES string of the molecule is O=C(Nc1cc(F)ccc1F)c1cccc(Cl)n1. The highest BCUT2D eigenvalue weighted by Crippen LogP contribution is 2.16. The highest BCUT2D eigenvalue weighted by Gasteiger charge is 2.11. The van der Waals surface area contributed by atoms with Gasteiger partial charge < -0.3 is 5.32 Å². The number of benzene rings is 1. The molecule has 0 aliphatic heterocycles. The summed E-state index contributed by atoms with van der Waals surface area (Å²) in [4.78, 5) is 15.5. The fraction of sp³-hybridized carbons (Fsp3) is 0. The number of carbonyl (C=O) groups excluding carboxylic acids is 1. The number of rotatable bonds is 2. The molecule has 0 radical (unpaired) electrons. The molecule has 1 amide bonds. The van der Waals surface area contributed by atoms with E-state index in [9.17, 15) is 13.6 Å². The molecule has 0 saturated carbocycles. The van der Waals surface area contributed by atoms with Crippen LogP contribution in [0.5, 0.6) is 0 Å². The normalized spacial score (nSPS) is 10.2. The second-order valence-electron chi connectivity index (χ2n) is 3.42. The minimum absolute atomic E-state index is 0.0196. The zero-order chi connectivity index (χ0) is 13.1. The van der Waals surface area contributed by atoms with E-state index in [-0.39, 0.29) is 16.5 Å². The molecule has 1 N–H and O–H groups in total. The van der Waals surface area contributed by atoms with Crippen LogP contribution >= 0.6 is 11.6 Å². The molecule has 2 aromatic rings. The van der Waals surface area contributed by atoms with Crippen molar-refractivity contribution in [3.8, 4) is 0 Å². The molecule has 3 nitrogen and oxygen atoms in total. The molecule has 6 heteroatoms. The van der Waals surface area contributed by atoms with Crippen molar-refractivity contribution in [2.45, 2.75) is 0 Å². The van der Waals surface area contributed by atoms with Crippen LogP contribution in [-0.4, -0.2) is 10.9 Å². The minimum Gasteiger partial charge on any atom is -0.318 e. The topological polar surface area (TPSA) is 42.0 Å². The number of aromatic nitrogens is 1. The van der Waals surface area contributed by atoms with Crippen molar-refractivity contribution < 1.29 is 13.6 Å². The Kier molecular flexibility index (Phi) is 3.53. The largest absolute Gasteiger partial charge is 0.318 e. The highest BCUT2D eigenvalue weighted by molar-refractivity contribution is 6.29. The number of hydrogen-bond donors (Lipinski definition) is 1. The quantitative estimate of drug-likeness (QED) is 0.850. The Bertz CT molecular complexity index is 604. The first-order chi connectivity index (χ1) is 8.56. The molecule has 0 unspecified atom stereocenters. The van der Waals surface area contributed by atoms with Gasteiger partial charge in [-0.05, 0) is 24.3 Å². The maximum atomic E-state index is 13.3. The molecule has 92 valence electrons. The Labute approximate surface area is 106 Å². The van der Waals surface area contributed by atoms with Gasteiger partial charge >= 0.3 is 0 Å². The molecular formula is C12H7ClF2N2O. The number of anilines is 1. The van der Waals surface area contributed by atoms with E-state index in [0.29, 0.717) is 0 Å². The van der Waals surface area contributed by atoms with Crippen LogP contribution < -0.4 is 5.32 Å². The second kappa shape index (κ2) is 5.10. The van der Waals surface area contributed by atoms with Crippen LogP contribution in [0.2, 0.25) is 5.15 Å². The van der Waals surface area contributed by atoms with E-state index in [1.165, 1.54) is 18.2 Å². The first-order valence-corrected chi connectivity index (χ1v) is 5.33. The lowest BCUT2D eigenvalue weighted by Gasteiger charge is -2.06. The Morgan fingerprint density at radius 3 is 2.72 bits per heavy atom. The lowest BCUT2D eigenvalue weighted by Crippen LogP contribution is -2.14. The average molecular weight is 269 g/mol. The van der Waals surface area contributed by atoms with E-state index in [0.717, 1.165) is 18.2 Å². The van der Waals surface area contributed by atoms with E-state index in [4.69, 9.17) is 11.6 Å². The standard InChI is InChI=1S/C12H7ClF2N2O/c13-11-3-1-2-9(16-11)12(18)17-10-6-7(14)4-5-8(10)15/h1-6H,(H,17,18). The van der Waals surface area contributed by atoms with Gasteiger partial charge in [-0.25, -0.2) is 13.8 Å². The van der Waals surface area contributed by atoms with Gasteiger partial charge in [0.1, 0.15) is 22.5 Å². The lowest BCUT2D eigenvalue weighted by molar-refractivity contribution is 0.102. The summed E-state index contributed by atoms with van der Waals surface area (Å²) in [6.45, 7) is 0. The fourth-order valence-corrected chi connectivity index (χ4v) is 1.48. The fourth-order valence-electron chi connectivity index (χ4n) is 1.31. The number of amides is 1. The van der Waals surface area contributed by atoms with Crippen molar-refractivity contribution in [1.82, 2.24) is 4.98 Å². The lowest BCUT2D eigenvalue weighted by atomic mass is 10.2. The van der Waals surface area contributed by atoms with E-state index >= 15 is 0 Å². The number of pyridine rings is 1. The number of nitrogens with one attached hydrogen (secondary N) is 1. The molecule has 0 atom stereocenters. The maximum Gasteiger partial charge on any atom is 0.274 e. The summed E-state index contributed by atoms with van der Waals surface area (Å²) in [5.74, 6) is -2.04. The van der Waals surface area contributed by atoms with Crippen molar-refractivity contribution >= 4 is 23.2 Å². The Hall–Kier alpha value is -2.01. The third kappa shape index (κ3) is 2.81. The predicted molar refractivity (Wildman–Crippen MR) is 63.6 cm³/mol. The smallest absolute Gasteiger partial charge is 0.274 e. The van der Waals surface area contributed by atoms with Crippen LogP contribution in [0.25, 0.3) is 0 Å². The van der Waals surface area contributed by atoms with Gasteiger partial charge in [0.2, 0.25) is 0 Å². The van der Waals surface area contributed by atoms with Crippen LogP contribution in [0, 0.1) is 11.6 Å². The van der Waals surface area contributed by atoms with Crippen molar-refractivity contribution in [1.29, 1.82) is 0 Å². The second-order valence-corrected chi connectivity index (χ2v) is 3.81. The van der Waals surface area contributed by atoms with E-state index < -0.39 is 17.5 Å². The molecule has 0 spiro atoms. The summed E-state index contributed by atoms with van der Waals surface area (Å²) in [5, 5.41) is 2.36. The van der Waals surface area contributed by atoms with Gasteiger partial charge in [-0.3, -0.25) is 4.79 Å². The third-order valence-electron chi connectivity index (χ3n) is 2.12. The Morgan fingerprint density at radius 2 is 2.00 bits per heavy atom. The van der Waals surface area contributed by atoms with Gasteiger partial charge in [-0.2, -0.15) is 0 Å². The number of carbonyl (C=O) groups is 1. The van der Waals surface area contributed by atoms with Gasteiger partial charge in [0.05, 0.1) is 5.69 Å². The molecule has 0 bridgehead atoms. The first kappa shape index (κ1) is 12.4. The van der Waals surface area contributed by atoms with Crippen LogP contribution in [0.15, 0.2) is 36.4 Å². The monoisotopic (exact) mass is 268 g/mol. The molecule has 0 aliphatic carbocycles. The van der Waals surface area contributed by atoms with Gasteiger partial charge in [-0.1, -0.05) is 17.7 Å². The molecule has 1 aromatic carbocycles. The van der Waals surface area contributed by atoms with E-state index in [2.05, 4.69) is 10.3 Å². The summed E-state index contributed by atoms with van der Waals surface area (Å²) >= 11 is 5.62. The van der Waals surface area contributed by atoms with E-state index in [1.54, 1.807) is 0 Å². The van der Waals surface area contributed by atoms with Crippen molar-refractivity contribution in [3.05, 3.63) is 58.9 Å². The van der Waals surface area contributed by atoms with Gasteiger partial charge in [0.15, 0.2) is 0 Å². The molecule has 18 heavy (non-hydrogen) atoms. The molecule has 2 rings (SSSR count). The number of halogens is 3. The zero-order valence-electron chi connectivity index (χ0n) is 8.95. The number of hydrogen-bond acceptors (Lipinski definition) is 2. The maximum absolute atomic E-state index is 13.3. The molecule has 0 aliphatic rings. The van der Waals surface area contributed by atoms with Gasteiger partial charge in [0.25, 0.3) is 5.91 Å². The molecule has 0 saturated heterocycles. The number of nitrogens with zero attached hydrogens (tertiary/aromatic N) is 1. The van der Waals surface area contributed by atoms with Crippen LogP contribution in [0.4, 0.5) is 14.5 Å². The van der Waals surface area contributed by atoms with Crippen LogP contribution in [0.3, 0.4) is 0 Å². The van der Waals surface area contributed by atoms with Gasteiger partial charge in [-0.15, -0.1) is 0 Å². The van der Waals surface area contributed by atoms with E-state index in [1.807, 2.05) is 0 Å². The van der Waals surface area contributed by atoms with Crippen LogP contribution in [-0.2, 0) is 0 Å². The summed E-state index contributed by atoms with van der Waals surface area (Å²) in [6, 6.07) is 7.22. The van der Waals surface area contributed by atoms with Crippen molar-refractivity contribution in [2.24, 2.45) is 0 Å². The van der Waals surface area contributed by atoms with Crippen LogP contribution in [0.1, 0.15) is 10.5 Å². The summed E-state index contributed by atoms with van der Waals surface area (Å²) in [5.41, 5.74) is -0.229. The third-order valence-corrected chi connectivity index (χ3v) is 2.33. The average Bonchev–Trinajstić information content (AvgIpc) is 2.34. The molecule has 0 fully saturated rings. The molecular weight excluding hydrogens is 262 g/mol. The molecule has 1 aromatic heterocycles. The highest BCUT2D eigenvalue weighted by atomic mass is 35.5. The van der Waals surface area contributed by atoms with Crippen molar-refractivity contribution in [2.75, 3.05) is 5.32 Å². The first-order valence-electron chi connectivity index (χ1n) is 4.95. The summed E-state index contributed by atoms with van der Waals surface area (Å²) < 4.78 is 26.2. The minimum atomic E-state index is -0.730. The Balaban J connectivity index is 2.24. The summed E-state index contributed by atoms with van der Waals surface area (Å²) in [7, 11) is 0.